The molecule has 0 bridgehead atoms. The third-order valence-corrected chi connectivity index (χ3v) is 2.34. The van der Waals surface area contributed by atoms with Gasteiger partial charge in [0.1, 0.15) is 11.3 Å². The van der Waals surface area contributed by atoms with Crippen LogP contribution in [0.3, 0.4) is 0 Å². The van der Waals surface area contributed by atoms with Crippen molar-refractivity contribution in [2.24, 2.45) is 0 Å². The summed E-state index contributed by atoms with van der Waals surface area (Å²) >= 11 is 0. The maximum atomic E-state index is 10.3. The van der Waals surface area contributed by atoms with Crippen LogP contribution in [0.5, 0.6) is 0 Å². The zero-order chi connectivity index (χ0) is 11.7. The zero-order valence-corrected chi connectivity index (χ0v) is 8.71. The summed E-state index contributed by atoms with van der Waals surface area (Å²) in [5.41, 5.74) is 1.70. The molecule has 0 saturated heterocycles. The summed E-state index contributed by atoms with van der Waals surface area (Å²) < 4.78 is 5.33. The summed E-state index contributed by atoms with van der Waals surface area (Å²) in [6.07, 6.45) is -1.19. The number of fused-ring (bicyclic) bond motifs is 1. The molecule has 0 unspecified atom stereocenters. The summed E-state index contributed by atoms with van der Waals surface area (Å²) in [6.45, 7) is 1.40. The van der Waals surface area contributed by atoms with E-state index < -0.39 is 17.6 Å². The largest absolute Gasteiger partial charge is 0.458 e. The highest BCUT2D eigenvalue weighted by atomic mass is 16.6. The fraction of sp³-hybridized carbons (Fsp3) is 0.273. The van der Waals surface area contributed by atoms with E-state index in [2.05, 4.69) is 0 Å². The number of aliphatic hydroxyl groups excluding tert-OH is 1. The van der Waals surface area contributed by atoms with Gasteiger partial charge in [-0.15, -0.1) is 0 Å². The Hall–Kier alpha value is -1.88. The molecule has 1 N–H and O–H groups in total. The first-order chi connectivity index (χ1) is 7.56. The van der Waals surface area contributed by atoms with E-state index in [4.69, 9.17) is 4.42 Å². The fourth-order valence-electron chi connectivity index (χ4n) is 1.58. The molecule has 1 aromatic carbocycles. The normalized spacial score (nSPS) is 12.9. The molecular formula is C11H11NO4. The van der Waals surface area contributed by atoms with Gasteiger partial charge in [-0.1, -0.05) is 11.6 Å². The Morgan fingerprint density at radius 2 is 2.25 bits per heavy atom. The Kier molecular flexibility index (Phi) is 2.62. The molecule has 0 aliphatic carbocycles. The summed E-state index contributed by atoms with van der Waals surface area (Å²) in [4.78, 5) is 9.69. The molecule has 0 aliphatic heterocycles. The molecule has 0 saturated carbocycles. The first-order valence-electron chi connectivity index (χ1n) is 4.86. The Bertz CT molecular complexity index is 532. The van der Waals surface area contributed by atoms with Crippen molar-refractivity contribution < 1.29 is 14.4 Å². The van der Waals surface area contributed by atoms with Crippen molar-refractivity contribution in [2.75, 3.05) is 6.54 Å². The Balaban J connectivity index is 2.35. The smallest absolute Gasteiger partial charge is 0.236 e. The first kappa shape index (κ1) is 10.6. The lowest BCUT2D eigenvalue weighted by Crippen LogP contribution is -2.10. The van der Waals surface area contributed by atoms with E-state index in [1.807, 2.05) is 19.1 Å². The molecular weight excluding hydrogens is 210 g/mol. The van der Waals surface area contributed by atoms with Gasteiger partial charge >= 0.3 is 0 Å². The van der Waals surface area contributed by atoms with E-state index in [-0.39, 0.29) is 5.76 Å². The number of furan rings is 1. The van der Waals surface area contributed by atoms with Gasteiger partial charge in [-0.25, -0.2) is 0 Å². The molecule has 0 aliphatic rings. The van der Waals surface area contributed by atoms with Crippen molar-refractivity contribution in [2.45, 2.75) is 13.0 Å². The van der Waals surface area contributed by atoms with Crippen molar-refractivity contribution >= 4 is 11.0 Å². The molecule has 0 spiro atoms. The molecule has 2 aromatic rings. The Labute approximate surface area is 91.4 Å². The van der Waals surface area contributed by atoms with Crippen LogP contribution in [0.25, 0.3) is 11.0 Å². The van der Waals surface area contributed by atoms with Gasteiger partial charge in [0.2, 0.25) is 6.54 Å². The molecule has 16 heavy (non-hydrogen) atoms. The van der Waals surface area contributed by atoms with Gasteiger partial charge in [-0.2, -0.15) is 0 Å². The molecule has 1 aromatic heterocycles. The lowest BCUT2D eigenvalue weighted by molar-refractivity contribution is -0.492. The van der Waals surface area contributed by atoms with Crippen LogP contribution in [-0.2, 0) is 0 Å². The third kappa shape index (κ3) is 2.04. The quantitative estimate of drug-likeness (QED) is 0.635. The van der Waals surface area contributed by atoms with E-state index >= 15 is 0 Å². The topological polar surface area (TPSA) is 76.5 Å². The van der Waals surface area contributed by atoms with E-state index in [0.29, 0.717) is 5.58 Å². The van der Waals surface area contributed by atoms with Crippen LogP contribution in [0.4, 0.5) is 0 Å². The van der Waals surface area contributed by atoms with Crippen LogP contribution in [0.2, 0.25) is 0 Å². The second-order valence-corrected chi connectivity index (χ2v) is 3.72. The second-order valence-electron chi connectivity index (χ2n) is 3.72. The van der Waals surface area contributed by atoms with Gasteiger partial charge < -0.3 is 9.52 Å². The molecule has 1 atom stereocenters. The molecule has 5 nitrogen and oxygen atoms in total. The number of hydrogen-bond donors (Lipinski definition) is 1. The van der Waals surface area contributed by atoms with Crippen molar-refractivity contribution in [1.82, 2.24) is 0 Å². The number of benzene rings is 1. The minimum absolute atomic E-state index is 0.234. The van der Waals surface area contributed by atoms with Gasteiger partial charge in [0.15, 0.2) is 6.10 Å². The standard InChI is InChI=1S/C11H11NO4/c1-7-2-3-10-8(4-7)5-11(16-10)9(13)6-12(14)15/h2-5,9,13H,6H2,1H3/t9-/m0/s1. The molecule has 0 radical (unpaired) electrons. The van der Waals surface area contributed by atoms with Crippen LogP contribution < -0.4 is 0 Å². The number of rotatable bonds is 3. The highest BCUT2D eigenvalue weighted by Gasteiger charge is 2.18. The highest BCUT2D eigenvalue weighted by molar-refractivity contribution is 5.78. The molecule has 0 fully saturated rings. The highest BCUT2D eigenvalue weighted by Crippen LogP contribution is 2.24. The van der Waals surface area contributed by atoms with Crippen LogP contribution in [-0.4, -0.2) is 16.6 Å². The lowest BCUT2D eigenvalue weighted by atomic mass is 10.2. The zero-order valence-electron chi connectivity index (χ0n) is 8.71. The van der Waals surface area contributed by atoms with Crippen LogP contribution in [0.1, 0.15) is 17.4 Å². The number of nitro groups is 1. The van der Waals surface area contributed by atoms with E-state index in [9.17, 15) is 15.2 Å². The number of hydrogen-bond acceptors (Lipinski definition) is 4. The summed E-state index contributed by atoms with van der Waals surface area (Å²) in [6, 6.07) is 7.21. The predicted octanol–water partition coefficient (Wildman–Crippen LogP) is 2.05. The van der Waals surface area contributed by atoms with Crippen LogP contribution >= 0.6 is 0 Å². The van der Waals surface area contributed by atoms with Crippen molar-refractivity contribution in [3.63, 3.8) is 0 Å². The summed E-state index contributed by atoms with van der Waals surface area (Å²) in [5.74, 6) is 0.234. The number of nitrogens with zero attached hydrogens (tertiary/aromatic N) is 1. The van der Waals surface area contributed by atoms with E-state index in [1.54, 1.807) is 12.1 Å². The second kappa shape index (κ2) is 3.94. The van der Waals surface area contributed by atoms with Crippen molar-refractivity contribution in [1.29, 1.82) is 0 Å². The Morgan fingerprint density at radius 1 is 1.50 bits per heavy atom. The van der Waals surface area contributed by atoms with Gasteiger partial charge in [-0.05, 0) is 25.1 Å². The van der Waals surface area contributed by atoms with Gasteiger partial charge in [-0.3, -0.25) is 10.1 Å². The average Bonchev–Trinajstić information content (AvgIpc) is 2.59. The van der Waals surface area contributed by atoms with Crippen LogP contribution in [0.15, 0.2) is 28.7 Å². The molecule has 84 valence electrons. The van der Waals surface area contributed by atoms with Crippen LogP contribution in [0, 0.1) is 17.0 Å². The maximum absolute atomic E-state index is 10.3. The summed E-state index contributed by atoms with van der Waals surface area (Å²) in [5, 5.41) is 20.6. The molecule has 0 amide bonds. The van der Waals surface area contributed by atoms with Gasteiger partial charge in [0.25, 0.3) is 0 Å². The first-order valence-corrected chi connectivity index (χ1v) is 4.86. The van der Waals surface area contributed by atoms with Crippen molar-refractivity contribution in [3.8, 4) is 0 Å². The third-order valence-electron chi connectivity index (χ3n) is 2.34. The van der Waals surface area contributed by atoms with Gasteiger partial charge in [0.05, 0.1) is 0 Å². The minimum atomic E-state index is -1.19. The predicted molar refractivity (Wildman–Crippen MR) is 57.8 cm³/mol. The van der Waals surface area contributed by atoms with Gasteiger partial charge in [0, 0.05) is 10.3 Å². The average molecular weight is 221 g/mol. The van der Waals surface area contributed by atoms with E-state index in [0.717, 1.165) is 10.9 Å². The number of aliphatic hydroxyl groups is 1. The monoisotopic (exact) mass is 221 g/mol. The van der Waals surface area contributed by atoms with Crippen molar-refractivity contribution in [3.05, 3.63) is 45.7 Å². The SMILES string of the molecule is Cc1ccc2oc([C@@H](O)C[N+](=O)[O-])cc2c1. The summed E-state index contributed by atoms with van der Waals surface area (Å²) in [7, 11) is 0. The number of aryl methyl sites for hydroxylation is 1. The molecule has 1 heterocycles. The van der Waals surface area contributed by atoms with E-state index in [1.165, 1.54) is 0 Å². The maximum Gasteiger partial charge on any atom is 0.236 e. The fourth-order valence-corrected chi connectivity index (χ4v) is 1.58. The molecule has 5 heteroatoms. The minimum Gasteiger partial charge on any atom is -0.458 e. The molecule has 2 rings (SSSR count). The lowest BCUT2D eigenvalue weighted by Gasteiger charge is -2.00. The Morgan fingerprint density at radius 3 is 2.94 bits per heavy atom.